The van der Waals surface area contributed by atoms with Crippen molar-refractivity contribution in [3.05, 3.63) is 0 Å². The molecule has 0 aliphatic carbocycles. The number of hydrogen-bond donors (Lipinski definition) is 1. The molecule has 0 heterocycles. The monoisotopic (exact) mass is 584 g/mol. The number of carbonyl (C=O) groups excluding carboxylic acids is 1. The average molecular weight is 585 g/mol. The van der Waals surface area contributed by atoms with Gasteiger partial charge in [0, 0.05) is 6.42 Å². The highest BCUT2D eigenvalue weighted by molar-refractivity contribution is 7.85. The van der Waals surface area contributed by atoms with Crippen molar-refractivity contribution in [2.45, 2.75) is 153 Å². The van der Waals surface area contributed by atoms with Gasteiger partial charge in [-0.3, -0.25) is 9.35 Å². The summed E-state index contributed by atoms with van der Waals surface area (Å²) in [5.41, 5.74) is -5.32. The minimum Gasteiger partial charge on any atom is -0.438 e. The SMILES string of the molecule is CCCCCCCCCCCCCCCCCCCCCC(=O)OC(CS(=O)(=O)O)(C(F)(F)F)C(F)(F)F. The van der Waals surface area contributed by atoms with Crippen LogP contribution < -0.4 is 0 Å². The summed E-state index contributed by atoms with van der Waals surface area (Å²) >= 11 is 0. The van der Waals surface area contributed by atoms with E-state index in [2.05, 4.69) is 11.7 Å². The van der Waals surface area contributed by atoms with Gasteiger partial charge in [-0.05, 0) is 6.42 Å². The second-order valence-corrected chi connectivity index (χ2v) is 11.6. The van der Waals surface area contributed by atoms with E-state index in [1.807, 2.05) is 0 Å². The third-order valence-corrected chi connectivity index (χ3v) is 7.35. The standard InChI is InChI=1S/C26H46F6O5S/c1-2-3-4-5-6-7-8-9-10-11-12-13-14-15-16-17-18-19-20-21-23(33)37-24(25(27,28)29,26(30,31)32)22-38(34,35)36/h2-22H2,1H3,(H,34,35,36). The molecule has 228 valence electrons. The number of hydrogen-bond acceptors (Lipinski definition) is 4. The molecule has 0 aromatic rings. The second-order valence-electron chi connectivity index (χ2n) is 10.1. The van der Waals surface area contributed by atoms with Crippen LogP contribution in [0.2, 0.25) is 0 Å². The van der Waals surface area contributed by atoms with Gasteiger partial charge in [0.1, 0.15) is 5.75 Å². The minimum atomic E-state index is -6.29. The molecule has 1 N–H and O–H groups in total. The normalized spacial score (nSPS) is 13.2. The van der Waals surface area contributed by atoms with Crippen LogP contribution in [0.3, 0.4) is 0 Å². The molecule has 0 amide bonds. The Balaban J connectivity index is 3.94. The van der Waals surface area contributed by atoms with Gasteiger partial charge in [-0.25, -0.2) is 0 Å². The number of ether oxygens (including phenoxy) is 1. The number of unbranched alkanes of at least 4 members (excludes halogenated alkanes) is 18. The van der Waals surface area contributed by atoms with E-state index in [4.69, 9.17) is 4.55 Å². The van der Waals surface area contributed by atoms with E-state index in [1.165, 1.54) is 77.0 Å². The number of alkyl halides is 6. The van der Waals surface area contributed by atoms with Crippen molar-refractivity contribution in [3.63, 3.8) is 0 Å². The van der Waals surface area contributed by atoms with Crippen LogP contribution in [-0.4, -0.2) is 42.6 Å². The molecule has 0 radical (unpaired) electrons. The van der Waals surface area contributed by atoms with E-state index in [0.717, 1.165) is 25.7 Å². The molecule has 0 aliphatic heterocycles. The Morgan fingerprint density at radius 1 is 0.605 bits per heavy atom. The highest BCUT2D eigenvalue weighted by atomic mass is 32.2. The summed E-state index contributed by atoms with van der Waals surface area (Å²) in [4.78, 5) is 11.7. The zero-order valence-corrected chi connectivity index (χ0v) is 23.4. The first-order valence-corrected chi connectivity index (χ1v) is 15.6. The molecule has 0 fully saturated rings. The summed E-state index contributed by atoms with van der Waals surface area (Å²) in [6.45, 7) is 2.22. The summed E-state index contributed by atoms with van der Waals surface area (Å²) in [6, 6.07) is 0. The molecule has 0 rings (SSSR count). The van der Waals surface area contributed by atoms with Crippen LogP contribution >= 0.6 is 0 Å². The van der Waals surface area contributed by atoms with Crippen molar-refractivity contribution in [2.75, 3.05) is 5.75 Å². The smallest absolute Gasteiger partial charge is 0.438 e. The fourth-order valence-electron chi connectivity index (χ4n) is 4.32. The molecular formula is C26H46F6O5S. The number of carbonyl (C=O) groups is 1. The van der Waals surface area contributed by atoms with Crippen LogP contribution in [0.5, 0.6) is 0 Å². The maximum Gasteiger partial charge on any atom is 0.438 e. The molecule has 0 aromatic carbocycles. The quantitative estimate of drug-likeness (QED) is 0.0561. The lowest BCUT2D eigenvalue weighted by Gasteiger charge is -2.35. The lowest BCUT2D eigenvalue weighted by molar-refractivity contribution is -0.361. The van der Waals surface area contributed by atoms with Gasteiger partial charge in [0.15, 0.2) is 0 Å². The lowest BCUT2D eigenvalue weighted by Crippen LogP contribution is -2.63. The molecule has 0 bridgehead atoms. The molecule has 0 atom stereocenters. The van der Waals surface area contributed by atoms with Gasteiger partial charge in [0.25, 0.3) is 10.1 Å². The molecule has 0 aliphatic rings. The Morgan fingerprint density at radius 3 is 1.16 bits per heavy atom. The highest BCUT2D eigenvalue weighted by Crippen LogP contribution is 2.47. The maximum absolute atomic E-state index is 13.2. The number of esters is 1. The largest absolute Gasteiger partial charge is 0.438 e. The Morgan fingerprint density at radius 2 is 0.895 bits per heavy atom. The molecule has 0 saturated heterocycles. The topological polar surface area (TPSA) is 80.7 Å². The van der Waals surface area contributed by atoms with E-state index in [9.17, 15) is 39.6 Å². The zero-order valence-electron chi connectivity index (χ0n) is 22.6. The predicted octanol–water partition coefficient (Wildman–Crippen LogP) is 9.10. The Kier molecular flexibility index (Phi) is 18.6. The molecule has 0 spiro atoms. The third kappa shape index (κ3) is 16.8. The minimum absolute atomic E-state index is 0.00917. The molecule has 38 heavy (non-hydrogen) atoms. The van der Waals surface area contributed by atoms with Crippen molar-refractivity contribution in [1.29, 1.82) is 0 Å². The highest BCUT2D eigenvalue weighted by Gasteiger charge is 2.75. The van der Waals surface area contributed by atoms with E-state index >= 15 is 0 Å². The fraction of sp³-hybridized carbons (Fsp3) is 0.962. The van der Waals surface area contributed by atoms with Gasteiger partial charge in [-0.1, -0.05) is 122 Å². The zero-order chi connectivity index (χ0) is 29.1. The van der Waals surface area contributed by atoms with Crippen LogP contribution in [0.15, 0.2) is 0 Å². The summed E-state index contributed by atoms with van der Waals surface area (Å²) in [6.07, 6.45) is 7.29. The summed E-state index contributed by atoms with van der Waals surface area (Å²) in [5.74, 6) is -4.67. The first kappa shape index (κ1) is 37.0. The van der Waals surface area contributed by atoms with Crippen LogP contribution in [-0.2, 0) is 19.6 Å². The predicted molar refractivity (Wildman–Crippen MR) is 135 cm³/mol. The fourth-order valence-corrected chi connectivity index (χ4v) is 5.22. The lowest BCUT2D eigenvalue weighted by atomic mass is 10.0. The molecule has 0 aromatic heterocycles. The Hall–Kier alpha value is -1.04. The van der Waals surface area contributed by atoms with Crippen LogP contribution in [0, 0.1) is 0 Å². The van der Waals surface area contributed by atoms with E-state index in [0.29, 0.717) is 12.8 Å². The van der Waals surface area contributed by atoms with Crippen molar-refractivity contribution in [3.8, 4) is 0 Å². The Labute approximate surface area is 224 Å². The number of halogens is 6. The van der Waals surface area contributed by atoms with E-state index in [-0.39, 0.29) is 6.42 Å². The summed E-state index contributed by atoms with van der Waals surface area (Å²) < 4.78 is 113. The molecule has 0 unspecified atom stereocenters. The van der Waals surface area contributed by atoms with Gasteiger partial charge in [-0.2, -0.15) is 34.8 Å². The second kappa shape index (κ2) is 19.1. The van der Waals surface area contributed by atoms with Gasteiger partial charge >= 0.3 is 23.9 Å². The summed E-state index contributed by atoms with van der Waals surface area (Å²) in [5, 5.41) is 0. The van der Waals surface area contributed by atoms with Crippen LogP contribution in [0.4, 0.5) is 26.3 Å². The van der Waals surface area contributed by atoms with Crippen molar-refractivity contribution in [2.24, 2.45) is 0 Å². The average Bonchev–Trinajstić information content (AvgIpc) is 2.77. The van der Waals surface area contributed by atoms with Crippen molar-refractivity contribution >= 4 is 16.1 Å². The van der Waals surface area contributed by atoms with Crippen molar-refractivity contribution in [1.82, 2.24) is 0 Å². The molecule has 0 saturated carbocycles. The molecule has 12 heteroatoms. The molecular weight excluding hydrogens is 538 g/mol. The van der Waals surface area contributed by atoms with Gasteiger partial charge in [0.2, 0.25) is 0 Å². The van der Waals surface area contributed by atoms with Crippen LogP contribution in [0.25, 0.3) is 0 Å². The van der Waals surface area contributed by atoms with E-state index in [1.54, 1.807) is 0 Å². The molecule has 5 nitrogen and oxygen atoms in total. The van der Waals surface area contributed by atoms with E-state index < -0.39 is 46.2 Å². The number of rotatable bonds is 23. The third-order valence-electron chi connectivity index (χ3n) is 6.57. The maximum atomic E-state index is 13.2. The van der Waals surface area contributed by atoms with Crippen LogP contribution in [0.1, 0.15) is 135 Å². The first-order valence-electron chi connectivity index (χ1n) is 14.0. The van der Waals surface area contributed by atoms with Gasteiger partial charge in [0.05, 0.1) is 0 Å². The summed E-state index contributed by atoms with van der Waals surface area (Å²) in [7, 11) is -5.77. The van der Waals surface area contributed by atoms with Crippen molar-refractivity contribution < 1.29 is 48.8 Å². The van der Waals surface area contributed by atoms with Gasteiger partial charge in [-0.15, -0.1) is 0 Å². The van der Waals surface area contributed by atoms with Gasteiger partial charge < -0.3 is 4.74 Å². The first-order chi connectivity index (χ1) is 17.7. The Bertz CT molecular complexity index is 709.